The minimum atomic E-state index is -0.0364. The topological polar surface area (TPSA) is 45.8 Å². The minimum Gasteiger partial charge on any atom is -0.323 e. The molecule has 1 aromatic rings. The second-order valence-corrected chi connectivity index (χ2v) is 2.93. The summed E-state index contributed by atoms with van der Waals surface area (Å²) < 4.78 is 0. The van der Waals surface area contributed by atoms with E-state index in [4.69, 9.17) is 0 Å². The van der Waals surface area contributed by atoms with Crippen LogP contribution in [0.2, 0.25) is 0 Å². The van der Waals surface area contributed by atoms with Crippen molar-refractivity contribution >= 4 is 0 Å². The normalized spacial score (nSPS) is 15.0. The van der Waals surface area contributed by atoms with Crippen molar-refractivity contribution in [1.29, 1.82) is 0 Å². The molecule has 0 atom stereocenters. The molecule has 1 heterocycles. The molecule has 1 aromatic heterocycles. The van der Waals surface area contributed by atoms with Crippen molar-refractivity contribution in [2.24, 2.45) is 0 Å². The van der Waals surface area contributed by atoms with Gasteiger partial charge in [-0.05, 0) is 26.2 Å². The van der Waals surface area contributed by atoms with Gasteiger partial charge in [-0.25, -0.2) is 0 Å². The first-order valence-corrected chi connectivity index (χ1v) is 3.86. The minimum absolute atomic E-state index is 0.0364. The molecule has 1 aliphatic carbocycles. The zero-order valence-electron chi connectivity index (χ0n) is 6.48. The number of fused-ring (bicyclic) bond motifs is 1. The van der Waals surface area contributed by atoms with E-state index in [1.54, 1.807) is 6.92 Å². The maximum absolute atomic E-state index is 11.1. The molecular formula is C8H10N2O. The van der Waals surface area contributed by atoms with Crippen molar-refractivity contribution in [3.63, 3.8) is 0 Å². The van der Waals surface area contributed by atoms with Gasteiger partial charge in [-0.15, -0.1) is 0 Å². The van der Waals surface area contributed by atoms with Gasteiger partial charge in [-0.2, -0.15) is 0 Å². The van der Waals surface area contributed by atoms with Gasteiger partial charge in [-0.1, -0.05) is 0 Å². The van der Waals surface area contributed by atoms with Gasteiger partial charge in [0.25, 0.3) is 5.56 Å². The summed E-state index contributed by atoms with van der Waals surface area (Å²) in [5.41, 5.74) is 2.68. The molecule has 58 valence electrons. The molecule has 1 N–H and O–H groups in total. The van der Waals surface area contributed by atoms with Crippen LogP contribution in [0.5, 0.6) is 0 Å². The zero-order valence-corrected chi connectivity index (χ0v) is 6.48. The summed E-state index contributed by atoms with van der Waals surface area (Å²) in [6, 6.07) is 0. The Morgan fingerprint density at radius 1 is 1.45 bits per heavy atom. The van der Waals surface area contributed by atoms with Gasteiger partial charge < -0.3 is 4.98 Å². The molecule has 11 heavy (non-hydrogen) atoms. The Morgan fingerprint density at radius 3 is 3.09 bits per heavy atom. The van der Waals surface area contributed by atoms with E-state index in [2.05, 4.69) is 9.97 Å². The van der Waals surface area contributed by atoms with E-state index >= 15 is 0 Å². The molecule has 0 amide bonds. The molecule has 0 saturated carbocycles. The predicted octanol–water partition coefficient (Wildman–Crippen LogP) is 0.567. The molecule has 3 nitrogen and oxygen atoms in total. The number of aromatic nitrogens is 2. The fraction of sp³-hybridized carbons (Fsp3) is 0.500. The molecule has 0 unspecified atom stereocenters. The Bertz CT molecular complexity index is 340. The van der Waals surface area contributed by atoms with Crippen LogP contribution in [0.25, 0.3) is 0 Å². The Kier molecular flexibility index (Phi) is 1.31. The number of H-pyrrole nitrogens is 1. The Morgan fingerprint density at radius 2 is 2.27 bits per heavy atom. The maximum Gasteiger partial charge on any atom is 0.269 e. The smallest absolute Gasteiger partial charge is 0.269 e. The standard InChI is InChI=1S/C8H10N2O/c1-5-8(11)10-7-4-2-3-6(7)9-5/h2-4H2,1H3,(H,10,11). The van der Waals surface area contributed by atoms with Crippen LogP contribution >= 0.6 is 0 Å². The van der Waals surface area contributed by atoms with Gasteiger partial charge in [0.1, 0.15) is 5.69 Å². The molecule has 0 spiro atoms. The van der Waals surface area contributed by atoms with Gasteiger partial charge >= 0.3 is 0 Å². The second kappa shape index (κ2) is 2.19. The summed E-state index contributed by atoms with van der Waals surface area (Å²) in [5.74, 6) is 0. The van der Waals surface area contributed by atoms with Crippen molar-refractivity contribution in [3.8, 4) is 0 Å². The summed E-state index contributed by atoms with van der Waals surface area (Å²) in [6.45, 7) is 1.75. The van der Waals surface area contributed by atoms with Crippen molar-refractivity contribution in [1.82, 2.24) is 9.97 Å². The quantitative estimate of drug-likeness (QED) is 0.587. The largest absolute Gasteiger partial charge is 0.323 e. The summed E-state index contributed by atoms with van der Waals surface area (Å²) >= 11 is 0. The second-order valence-electron chi connectivity index (χ2n) is 2.93. The van der Waals surface area contributed by atoms with Crippen molar-refractivity contribution in [2.45, 2.75) is 26.2 Å². The third-order valence-corrected chi connectivity index (χ3v) is 2.08. The maximum atomic E-state index is 11.1. The molecule has 0 aromatic carbocycles. The van der Waals surface area contributed by atoms with Crippen LogP contribution in [0.3, 0.4) is 0 Å². The predicted molar refractivity (Wildman–Crippen MR) is 41.6 cm³/mol. The first kappa shape index (κ1) is 6.58. The average Bonchev–Trinajstić information content (AvgIpc) is 2.36. The van der Waals surface area contributed by atoms with Gasteiger partial charge in [0, 0.05) is 5.69 Å². The number of rotatable bonds is 0. The van der Waals surface area contributed by atoms with Gasteiger partial charge in [0.2, 0.25) is 0 Å². The van der Waals surface area contributed by atoms with Crippen LogP contribution in [0.4, 0.5) is 0 Å². The highest BCUT2D eigenvalue weighted by atomic mass is 16.1. The Balaban J connectivity index is 2.66. The van der Waals surface area contributed by atoms with E-state index in [1.807, 2.05) is 0 Å². The van der Waals surface area contributed by atoms with Gasteiger partial charge in [0.05, 0.1) is 5.69 Å². The summed E-state index contributed by atoms with van der Waals surface area (Å²) in [5, 5.41) is 0. The molecule has 0 fully saturated rings. The van der Waals surface area contributed by atoms with E-state index in [1.165, 1.54) is 0 Å². The SMILES string of the molecule is Cc1nc2c([nH]c1=O)CCC2. The summed E-state index contributed by atoms with van der Waals surface area (Å²) in [7, 11) is 0. The number of aryl methyl sites for hydroxylation is 3. The number of hydrogen-bond acceptors (Lipinski definition) is 2. The molecule has 0 radical (unpaired) electrons. The molecule has 3 heteroatoms. The Hall–Kier alpha value is -1.12. The van der Waals surface area contributed by atoms with Crippen molar-refractivity contribution in [2.75, 3.05) is 0 Å². The lowest BCUT2D eigenvalue weighted by atomic mass is 10.3. The molecule has 0 bridgehead atoms. The fourth-order valence-corrected chi connectivity index (χ4v) is 1.47. The number of nitrogens with zero attached hydrogens (tertiary/aromatic N) is 1. The van der Waals surface area contributed by atoms with Crippen LogP contribution in [0.15, 0.2) is 4.79 Å². The molecule has 0 saturated heterocycles. The van der Waals surface area contributed by atoms with Crippen LogP contribution in [-0.4, -0.2) is 9.97 Å². The highest BCUT2D eigenvalue weighted by Gasteiger charge is 2.13. The number of aromatic amines is 1. The van der Waals surface area contributed by atoms with E-state index in [-0.39, 0.29) is 5.56 Å². The highest BCUT2D eigenvalue weighted by Crippen LogP contribution is 2.15. The lowest BCUT2D eigenvalue weighted by Crippen LogP contribution is -2.14. The average molecular weight is 150 g/mol. The van der Waals surface area contributed by atoms with Crippen LogP contribution in [0, 0.1) is 6.92 Å². The van der Waals surface area contributed by atoms with Gasteiger partial charge in [0.15, 0.2) is 0 Å². The van der Waals surface area contributed by atoms with Crippen molar-refractivity contribution in [3.05, 3.63) is 27.4 Å². The lowest BCUT2D eigenvalue weighted by Gasteiger charge is -1.97. The number of hydrogen-bond donors (Lipinski definition) is 1. The first-order valence-electron chi connectivity index (χ1n) is 3.86. The highest BCUT2D eigenvalue weighted by molar-refractivity contribution is 5.18. The van der Waals surface area contributed by atoms with E-state index in [9.17, 15) is 4.79 Å². The third-order valence-electron chi connectivity index (χ3n) is 2.08. The van der Waals surface area contributed by atoms with Crippen LogP contribution < -0.4 is 5.56 Å². The van der Waals surface area contributed by atoms with Gasteiger partial charge in [-0.3, -0.25) is 9.78 Å². The molecular weight excluding hydrogens is 140 g/mol. The number of nitrogens with one attached hydrogen (secondary N) is 1. The monoisotopic (exact) mass is 150 g/mol. The van der Waals surface area contributed by atoms with E-state index in [0.29, 0.717) is 5.69 Å². The lowest BCUT2D eigenvalue weighted by molar-refractivity contribution is 0.892. The van der Waals surface area contributed by atoms with Crippen molar-refractivity contribution < 1.29 is 0 Å². The first-order chi connectivity index (χ1) is 5.27. The fourth-order valence-electron chi connectivity index (χ4n) is 1.47. The molecule has 1 aliphatic rings. The van der Waals surface area contributed by atoms with Crippen LogP contribution in [0.1, 0.15) is 23.5 Å². The third kappa shape index (κ3) is 0.964. The Labute approximate surface area is 64.5 Å². The molecule has 2 rings (SSSR count). The summed E-state index contributed by atoms with van der Waals surface area (Å²) in [6.07, 6.45) is 3.13. The summed E-state index contributed by atoms with van der Waals surface area (Å²) in [4.78, 5) is 18.1. The van der Waals surface area contributed by atoms with E-state index < -0.39 is 0 Å². The molecule has 0 aliphatic heterocycles. The van der Waals surface area contributed by atoms with Crippen LogP contribution in [-0.2, 0) is 12.8 Å². The van der Waals surface area contributed by atoms with E-state index in [0.717, 1.165) is 30.7 Å². The zero-order chi connectivity index (χ0) is 7.84.